The third-order valence-electron chi connectivity index (χ3n) is 1.90. The molecule has 0 saturated heterocycles. The lowest BCUT2D eigenvalue weighted by molar-refractivity contribution is -0.142. The van der Waals surface area contributed by atoms with Crippen molar-refractivity contribution in [2.75, 3.05) is 6.61 Å². The molecule has 20 heavy (non-hydrogen) atoms. The van der Waals surface area contributed by atoms with Gasteiger partial charge < -0.3 is 9.84 Å². The first-order chi connectivity index (χ1) is 8.85. The van der Waals surface area contributed by atoms with Gasteiger partial charge in [-0.05, 0) is 0 Å². The van der Waals surface area contributed by atoms with Gasteiger partial charge in [0.15, 0.2) is 0 Å². The van der Waals surface area contributed by atoms with Gasteiger partial charge in [-0.1, -0.05) is 6.58 Å². The number of esters is 1. The molecule has 0 aromatic carbocycles. The summed E-state index contributed by atoms with van der Waals surface area (Å²) in [5.41, 5.74) is -0.437. The zero-order valence-electron chi connectivity index (χ0n) is 9.92. The summed E-state index contributed by atoms with van der Waals surface area (Å²) in [6, 6.07) is 0. The summed E-state index contributed by atoms with van der Waals surface area (Å²) in [5, 5.41) is 8.37. The molecule has 0 amide bonds. The second-order valence-corrected chi connectivity index (χ2v) is 7.05. The molecule has 0 aromatic heterocycles. The second kappa shape index (κ2) is 6.78. The highest BCUT2D eigenvalue weighted by Gasteiger charge is 2.35. The Bertz CT molecular complexity index is 567. The van der Waals surface area contributed by atoms with E-state index < -0.39 is 61.8 Å². The minimum atomic E-state index is -5.11. The van der Waals surface area contributed by atoms with Crippen molar-refractivity contribution in [3.8, 4) is 0 Å². The fourth-order valence-electron chi connectivity index (χ4n) is 1.06. The summed E-state index contributed by atoms with van der Waals surface area (Å²) < 4.78 is 61.9. The predicted octanol–water partition coefficient (Wildman–Crippen LogP) is -0.948. The van der Waals surface area contributed by atoms with E-state index >= 15 is 0 Å². The Balaban J connectivity index is 4.59. The molecule has 0 heterocycles. The minimum absolute atomic E-state index is 0.437. The van der Waals surface area contributed by atoms with Gasteiger partial charge in [0, 0.05) is 12.0 Å². The van der Waals surface area contributed by atoms with Crippen molar-refractivity contribution in [2.45, 2.75) is 17.4 Å². The van der Waals surface area contributed by atoms with Crippen LogP contribution in [-0.2, 0) is 34.6 Å². The monoisotopic (exact) mass is 332 g/mol. The van der Waals surface area contributed by atoms with Crippen LogP contribution in [0.3, 0.4) is 0 Å². The van der Waals surface area contributed by atoms with Gasteiger partial charge in [0.2, 0.25) is 4.58 Å². The van der Waals surface area contributed by atoms with Crippen LogP contribution in [0.2, 0.25) is 0 Å². The van der Waals surface area contributed by atoms with Gasteiger partial charge in [0.25, 0.3) is 20.2 Å². The average Bonchev–Trinajstić information content (AvgIpc) is 2.19. The third-order valence-corrected chi connectivity index (χ3v) is 5.16. The van der Waals surface area contributed by atoms with E-state index in [1.807, 2.05) is 0 Å². The second-order valence-electron chi connectivity index (χ2n) is 3.56. The topological polar surface area (TPSA) is 172 Å². The summed E-state index contributed by atoms with van der Waals surface area (Å²) >= 11 is 0. The number of hydrogen-bond donors (Lipinski definition) is 3. The molecule has 0 radical (unpaired) electrons. The van der Waals surface area contributed by atoms with Crippen molar-refractivity contribution in [1.82, 2.24) is 0 Å². The number of hydrogen-bond acceptors (Lipinski definition) is 7. The summed E-state index contributed by atoms with van der Waals surface area (Å²) in [6.45, 7) is 2.31. The van der Waals surface area contributed by atoms with Crippen LogP contribution in [0.15, 0.2) is 12.2 Å². The Labute approximate surface area is 114 Å². The zero-order valence-corrected chi connectivity index (χ0v) is 11.6. The van der Waals surface area contributed by atoms with E-state index in [-0.39, 0.29) is 0 Å². The Morgan fingerprint density at radius 3 is 1.90 bits per heavy atom. The maximum atomic E-state index is 11.2. The molecule has 0 spiro atoms. The van der Waals surface area contributed by atoms with Gasteiger partial charge in [-0.15, -0.1) is 0 Å². The molecule has 12 heteroatoms. The molecule has 10 nitrogen and oxygen atoms in total. The van der Waals surface area contributed by atoms with E-state index in [2.05, 4.69) is 11.3 Å². The fourth-order valence-corrected chi connectivity index (χ4v) is 3.07. The van der Waals surface area contributed by atoms with Crippen molar-refractivity contribution in [1.29, 1.82) is 0 Å². The van der Waals surface area contributed by atoms with Crippen LogP contribution in [0, 0.1) is 0 Å². The van der Waals surface area contributed by atoms with Gasteiger partial charge in [-0.2, -0.15) is 16.8 Å². The van der Waals surface area contributed by atoms with E-state index in [0.29, 0.717) is 0 Å². The van der Waals surface area contributed by atoms with Gasteiger partial charge in [0.1, 0.15) is 0 Å². The van der Waals surface area contributed by atoms with Gasteiger partial charge in [-0.3, -0.25) is 13.9 Å². The van der Waals surface area contributed by atoms with Crippen LogP contribution in [0.4, 0.5) is 0 Å². The van der Waals surface area contributed by atoms with Gasteiger partial charge in [0.05, 0.1) is 13.0 Å². The number of carbonyl (C=O) groups excluding carboxylic acids is 1. The van der Waals surface area contributed by atoms with Crippen molar-refractivity contribution in [3.63, 3.8) is 0 Å². The number of carboxylic acid groups (broad SMARTS) is 1. The first-order valence-corrected chi connectivity index (χ1v) is 7.85. The molecule has 0 saturated carbocycles. The molecule has 0 fully saturated rings. The Hall–Kier alpha value is -1.50. The first-order valence-electron chi connectivity index (χ1n) is 4.85. The lowest BCUT2D eigenvalue weighted by Gasteiger charge is -2.11. The third kappa shape index (κ3) is 6.60. The van der Waals surface area contributed by atoms with E-state index in [1.54, 1.807) is 0 Å². The zero-order chi connectivity index (χ0) is 16.1. The quantitative estimate of drug-likeness (QED) is 0.286. The van der Waals surface area contributed by atoms with E-state index in [0.717, 1.165) is 0 Å². The SMILES string of the molecule is C=C(CC(=O)O)C(=O)OCCC(S(=O)(=O)O)S(=O)(=O)O. The number of carbonyl (C=O) groups is 2. The van der Waals surface area contributed by atoms with Gasteiger partial charge >= 0.3 is 11.9 Å². The average molecular weight is 332 g/mol. The van der Waals surface area contributed by atoms with Crippen LogP contribution in [-0.4, -0.2) is 54.2 Å². The number of aliphatic carboxylic acids is 1. The summed E-state index contributed by atoms with van der Waals surface area (Å²) in [6.07, 6.45) is -1.64. The standard InChI is InChI=1S/C8H12O10S2/c1-5(4-6(9)10)8(11)18-3-2-7(19(12,13)14)20(15,16)17/h7H,1-4H2,(H,9,10)(H,12,13,14)(H,15,16,17). The fraction of sp³-hybridized carbons (Fsp3) is 0.500. The molecule has 0 atom stereocenters. The lowest BCUT2D eigenvalue weighted by atomic mass is 10.2. The van der Waals surface area contributed by atoms with Crippen LogP contribution in [0.25, 0.3) is 0 Å². The molecule has 3 N–H and O–H groups in total. The van der Waals surface area contributed by atoms with Crippen LogP contribution in [0.1, 0.15) is 12.8 Å². The van der Waals surface area contributed by atoms with Crippen molar-refractivity contribution in [2.24, 2.45) is 0 Å². The molecule has 0 unspecified atom stereocenters. The van der Waals surface area contributed by atoms with Crippen molar-refractivity contribution in [3.05, 3.63) is 12.2 Å². The van der Waals surface area contributed by atoms with E-state index in [4.69, 9.17) is 14.2 Å². The predicted molar refractivity (Wildman–Crippen MR) is 63.9 cm³/mol. The molecule has 0 aromatic rings. The highest BCUT2D eigenvalue weighted by atomic mass is 32.3. The molecule has 0 aliphatic heterocycles. The Morgan fingerprint density at radius 2 is 1.55 bits per heavy atom. The highest BCUT2D eigenvalue weighted by molar-refractivity contribution is 8.03. The number of rotatable bonds is 8. The highest BCUT2D eigenvalue weighted by Crippen LogP contribution is 2.12. The summed E-state index contributed by atoms with van der Waals surface area (Å²) in [7, 11) is -10.2. The van der Waals surface area contributed by atoms with E-state index in [1.165, 1.54) is 0 Å². The maximum Gasteiger partial charge on any atom is 0.333 e. The summed E-state index contributed by atoms with van der Waals surface area (Å²) in [4.78, 5) is 21.4. The number of carboxylic acids is 1. The lowest BCUT2D eigenvalue weighted by Crippen LogP contribution is -2.31. The molecule has 0 aliphatic carbocycles. The normalized spacial score (nSPS) is 12.2. The van der Waals surface area contributed by atoms with Gasteiger partial charge in [-0.25, -0.2) is 4.79 Å². The largest absolute Gasteiger partial charge is 0.481 e. The van der Waals surface area contributed by atoms with Crippen molar-refractivity contribution >= 4 is 32.2 Å². The Kier molecular flexibility index (Phi) is 6.28. The van der Waals surface area contributed by atoms with Crippen LogP contribution >= 0.6 is 0 Å². The Morgan fingerprint density at radius 1 is 1.10 bits per heavy atom. The molecular formula is C8H12O10S2. The molecule has 0 rings (SSSR count). The number of ether oxygens (including phenoxy) is 1. The summed E-state index contributed by atoms with van der Waals surface area (Å²) in [5.74, 6) is -2.52. The molecule has 0 bridgehead atoms. The smallest absolute Gasteiger partial charge is 0.333 e. The molecule has 116 valence electrons. The van der Waals surface area contributed by atoms with Crippen molar-refractivity contribution < 1.29 is 45.4 Å². The first kappa shape index (κ1) is 18.5. The molecule has 0 aliphatic rings. The molecular weight excluding hydrogens is 320 g/mol. The maximum absolute atomic E-state index is 11.2. The van der Waals surface area contributed by atoms with Crippen LogP contribution < -0.4 is 0 Å². The minimum Gasteiger partial charge on any atom is -0.481 e. The van der Waals surface area contributed by atoms with Crippen LogP contribution in [0.5, 0.6) is 0 Å². The van der Waals surface area contributed by atoms with E-state index in [9.17, 15) is 26.4 Å².